The summed E-state index contributed by atoms with van der Waals surface area (Å²) in [5, 5.41) is 6.59. The van der Waals surface area contributed by atoms with E-state index in [1.54, 1.807) is 18.2 Å². The van der Waals surface area contributed by atoms with Crippen molar-refractivity contribution in [2.75, 3.05) is 31.7 Å². The van der Waals surface area contributed by atoms with Crippen LogP contribution in [0.1, 0.15) is 31.2 Å². The molecule has 2 N–H and O–H groups in total. The zero-order valence-corrected chi connectivity index (χ0v) is 18.1. The SMILES string of the molecule is O=C(COc1cccc(NC(=O)C2CC2)c1)NCC1(c2cccc(Cl)c2)CCOCC1. The van der Waals surface area contributed by atoms with Crippen molar-refractivity contribution in [3.63, 3.8) is 0 Å². The Morgan fingerprint density at radius 2 is 1.87 bits per heavy atom. The average molecular weight is 443 g/mol. The Morgan fingerprint density at radius 1 is 1.10 bits per heavy atom. The Labute approximate surface area is 187 Å². The number of anilines is 1. The van der Waals surface area contributed by atoms with E-state index in [1.165, 1.54) is 0 Å². The van der Waals surface area contributed by atoms with Gasteiger partial charge in [0.1, 0.15) is 5.75 Å². The predicted molar refractivity (Wildman–Crippen MR) is 119 cm³/mol. The van der Waals surface area contributed by atoms with Gasteiger partial charge in [0.15, 0.2) is 6.61 Å². The molecule has 1 saturated carbocycles. The van der Waals surface area contributed by atoms with Crippen LogP contribution in [0, 0.1) is 5.92 Å². The van der Waals surface area contributed by atoms with Crippen LogP contribution in [0.2, 0.25) is 5.02 Å². The highest BCUT2D eigenvalue weighted by Crippen LogP contribution is 2.35. The number of carbonyl (C=O) groups excluding carboxylic acids is 2. The van der Waals surface area contributed by atoms with Gasteiger partial charge in [-0.3, -0.25) is 9.59 Å². The number of ether oxygens (including phenoxy) is 2. The van der Waals surface area contributed by atoms with Crippen molar-refractivity contribution >= 4 is 29.1 Å². The molecule has 0 aromatic heterocycles. The summed E-state index contributed by atoms with van der Waals surface area (Å²) in [6.45, 7) is 1.70. The van der Waals surface area contributed by atoms with Crippen LogP contribution < -0.4 is 15.4 Å². The van der Waals surface area contributed by atoms with Gasteiger partial charge in [-0.1, -0.05) is 29.8 Å². The first-order valence-electron chi connectivity index (χ1n) is 10.7. The molecule has 2 aliphatic rings. The molecule has 0 spiro atoms. The van der Waals surface area contributed by atoms with Gasteiger partial charge in [0.2, 0.25) is 5.91 Å². The molecule has 2 fully saturated rings. The smallest absolute Gasteiger partial charge is 0.257 e. The molecule has 0 radical (unpaired) electrons. The number of amides is 2. The summed E-state index contributed by atoms with van der Waals surface area (Å²) >= 11 is 6.21. The fraction of sp³-hybridized carbons (Fsp3) is 0.417. The van der Waals surface area contributed by atoms with Gasteiger partial charge in [0.25, 0.3) is 5.91 Å². The van der Waals surface area contributed by atoms with E-state index in [2.05, 4.69) is 16.7 Å². The highest BCUT2D eigenvalue weighted by atomic mass is 35.5. The molecule has 0 unspecified atom stereocenters. The van der Waals surface area contributed by atoms with E-state index < -0.39 is 0 Å². The number of rotatable bonds is 8. The van der Waals surface area contributed by atoms with Crippen molar-refractivity contribution in [2.24, 2.45) is 5.92 Å². The van der Waals surface area contributed by atoms with Gasteiger partial charge in [-0.05, 0) is 55.5 Å². The lowest BCUT2D eigenvalue weighted by Gasteiger charge is -2.38. The number of hydrogen-bond donors (Lipinski definition) is 2. The Balaban J connectivity index is 1.32. The molecule has 4 rings (SSSR count). The molecule has 1 saturated heterocycles. The zero-order chi connectivity index (χ0) is 21.7. The molecule has 1 aliphatic carbocycles. The lowest BCUT2D eigenvalue weighted by Crippen LogP contribution is -2.45. The van der Waals surface area contributed by atoms with Crippen LogP contribution in [0.5, 0.6) is 5.75 Å². The topological polar surface area (TPSA) is 76.7 Å². The van der Waals surface area contributed by atoms with Gasteiger partial charge in [-0.2, -0.15) is 0 Å². The van der Waals surface area contributed by atoms with Crippen molar-refractivity contribution in [1.29, 1.82) is 0 Å². The van der Waals surface area contributed by atoms with Crippen molar-refractivity contribution in [2.45, 2.75) is 31.1 Å². The first kappa shape index (κ1) is 21.7. The van der Waals surface area contributed by atoms with E-state index in [4.69, 9.17) is 21.1 Å². The quantitative estimate of drug-likeness (QED) is 0.649. The van der Waals surface area contributed by atoms with Gasteiger partial charge in [-0.15, -0.1) is 0 Å². The maximum Gasteiger partial charge on any atom is 0.257 e. The second kappa shape index (κ2) is 9.71. The van der Waals surface area contributed by atoms with E-state index in [-0.39, 0.29) is 29.8 Å². The van der Waals surface area contributed by atoms with Crippen molar-refractivity contribution < 1.29 is 19.1 Å². The van der Waals surface area contributed by atoms with Crippen LogP contribution >= 0.6 is 11.6 Å². The molecule has 7 heteroatoms. The standard InChI is InChI=1S/C24H27ClN2O4/c25-19-4-1-3-18(13-19)24(9-11-30-12-10-24)16-26-22(28)15-31-21-6-2-5-20(14-21)27-23(29)17-7-8-17/h1-6,13-14,17H,7-12,15-16H2,(H,26,28)(H,27,29). The molecule has 2 aromatic rings. The van der Waals surface area contributed by atoms with Crippen molar-refractivity contribution in [3.05, 3.63) is 59.1 Å². The van der Waals surface area contributed by atoms with E-state index in [1.807, 2.05) is 24.3 Å². The monoisotopic (exact) mass is 442 g/mol. The molecule has 0 atom stereocenters. The molecular formula is C24H27ClN2O4. The summed E-state index contributed by atoms with van der Waals surface area (Å²) < 4.78 is 11.2. The van der Waals surface area contributed by atoms with Crippen LogP contribution in [0.3, 0.4) is 0 Å². The number of hydrogen-bond acceptors (Lipinski definition) is 4. The van der Waals surface area contributed by atoms with Crippen LogP contribution in [0.4, 0.5) is 5.69 Å². The molecule has 1 heterocycles. The maximum absolute atomic E-state index is 12.5. The highest BCUT2D eigenvalue weighted by molar-refractivity contribution is 6.30. The average Bonchev–Trinajstić information content (AvgIpc) is 3.63. The van der Waals surface area contributed by atoms with E-state index >= 15 is 0 Å². The second-order valence-electron chi connectivity index (χ2n) is 8.26. The highest BCUT2D eigenvalue weighted by Gasteiger charge is 2.35. The predicted octanol–water partition coefficient (Wildman–Crippen LogP) is 3.93. The molecule has 164 valence electrons. The molecule has 0 bridgehead atoms. The zero-order valence-electron chi connectivity index (χ0n) is 17.4. The van der Waals surface area contributed by atoms with Gasteiger partial charge in [0.05, 0.1) is 0 Å². The number of carbonyl (C=O) groups is 2. The van der Waals surface area contributed by atoms with Crippen LogP contribution in [0.15, 0.2) is 48.5 Å². The maximum atomic E-state index is 12.5. The lowest BCUT2D eigenvalue weighted by atomic mass is 9.74. The Bertz CT molecular complexity index is 939. The minimum atomic E-state index is -0.203. The third-order valence-corrected chi connectivity index (χ3v) is 6.17. The molecule has 2 aromatic carbocycles. The Kier molecular flexibility index (Phi) is 6.78. The van der Waals surface area contributed by atoms with Crippen LogP contribution in [-0.2, 0) is 19.7 Å². The Morgan fingerprint density at radius 3 is 2.61 bits per heavy atom. The fourth-order valence-electron chi connectivity index (χ4n) is 3.87. The van der Waals surface area contributed by atoms with Gasteiger partial charge >= 0.3 is 0 Å². The largest absolute Gasteiger partial charge is 0.484 e. The van der Waals surface area contributed by atoms with Crippen molar-refractivity contribution in [3.8, 4) is 5.75 Å². The number of nitrogens with one attached hydrogen (secondary N) is 2. The summed E-state index contributed by atoms with van der Waals surface area (Å²) in [6.07, 6.45) is 3.53. The first-order valence-corrected chi connectivity index (χ1v) is 11.1. The molecule has 2 amide bonds. The number of benzene rings is 2. The minimum absolute atomic E-state index is 0.0395. The minimum Gasteiger partial charge on any atom is -0.484 e. The van der Waals surface area contributed by atoms with Crippen LogP contribution in [0.25, 0.3) is 0 Å². The number of halogens is 1. The third kappa shape index (κ3) is 5.77. The van der Waals surface area contributed by atoms with Gasteiger partial charge in [0, 0.05) is 47.9 Å². The summed E-state index contributed by atoms with van der Waals surface area (Å²) in [5.74, 6) is 0.518. The van der Waals surface area contributed by atoms with Gasteiger partial charge < -0.3 is 20.1 Å². The van der Waals surface area contributed by atoms with Crippen molar-refractivity contribution in [1.82, 2.24) is 5.32 Å². The molecule has 31 heavy (non-hydrogen) atoms. The van der Waals surface area contributed by atoms with E-state index in [0.29, 0.717) is 36.2 Å². The second-order valence-corrected chi connectivity index (χ2v) is 8.70. The van der Waals surface area contributed by atoms with E-state index in [9.17, 15) is 9.59 Å². The molecule has 1 aliphatic heterocycles. The van der Waals surface area contributed by atoms with Crippen LogP contribution in [-0.4, -0.2) is 38.2 Å². The summed E-state index contributed by atoms with van der Waals surface area (Å²) in [6, 6.07) is 14.9. The summed E-state index contributed by atoms with van der Waals surface area (Å²) in [4.78, 5) is 24.4. The Hall–Kier alpha value is -2.57. The normalized spacial score (nSPS) is 17.6. The summed E-state index contributed by atoms with van der Waals surface area (Å²) in [5.41, 5.74) is 1.59. The van der Waals surface area contributed by atoms with Gasteiger partial charge in [-0.25, -0.2) is 0 Å². The fourth-order valence-corrected chi connectivity index (χ4v) is 4.06. The van der Waals surface area contributed by atoms with E-state index in [0.717, 1.165) is 31.2 Å². The first-order chi connectivity index (χ1) is 15.0. The molecule has 6 nitrogen and oxygen atoms in total. The third-order valence-electron chi connectivity index (χ3n) is 5.93. The summed E-state index contributed by atoms with van der Waals surface area (Å²) in [7, 11) is 0. The molecular weight excluding hydrogens is 416 g/mol. The lowest BCUT2D eigenvalue weighted by molar-refractivity contribution is -0.123.